The largest absolute Gasteiger partial charge is 0.387 e. The second-order valence-electron chi connectivity index (χ2n) is 5.09. The van der Waals surface area contributed by atoms with Crippen molar-refractivity contribution >= 4 is 11.6 Å². The summed E-state index contributed by atoms with van der Waals surface area (Å²) in [5, 5.41) is 14.2. The summed E-state index contributed by atoms with van der Waals surface area (Å²) in [7, 11) is 0. The highest BCUT2D eigenvalue weighted by Crippen LogP contribution is 2.24. The van der Waals surface area contributed by atoms with Gasteiger partial charge in [0.15, 0.2) is 0 Å². The molecule has 0 amide bonds. The normalized spacial score (nSPS) is 20.6. The first kappa shape index (κ1) is 13.8. The van der Waals surface area contributed by atoms with E-state index in [2.05, 4.69) is 12.2 Å². The van der Waals surface area contributed by atoms with Crippen LogP contribution >= 0.6 is 11.6 Å². The van der Waals surface area contributed by atoms with E-state index in [4.69, 9.17) is 16.3 Å². The van der Waals surface area contributed by atoms with Crippen molar-refractivity contribution in [3.8, 4) is 0 Å². The maximum absolute atomic E-state index is 10.2. The lowest BCUT2D eigenvalue weighted by atomic mass is 9.92. The number of ether oxygens (including phenoxy) is 1. The van der Waals surface area contributed by atoms with E-state index in [-0.39, 0.29) is 5.54 Å². The van der Waals surface area contributed by atoms with E-state index in [0.29, 0.717) is 11.6 Å². The van der Waals surface area contributed by atoms with Gasteiger partial charge in [0.25, 0.3) is 0 Å². The molecule has 2 rings (SSSR count). The lowest BCUT2D eigenvalue weighted by molar-refractivity contribution is 0.0388. The molecule has 1 saturated heterocycles. The van der Waals surface area contributed by atoms with Gasteiger partial charge in [0.2, 0.25) is 0 Å². The summed E-state index contributed by atoms with van der Waals surface area (Å²) in [5.74, 6) is 0. The molecule has 2 N–H and O–H groups in total. The van der Waals surface area contributed by atoms with E-state index in [0.717, 1.165) is 31.6 Å². The van der Waals surface area contributed by atoms with Gasteiger partial charge in [-0.15, -0.1) is 0 Å². The second-order valence-corrected chi connectivity index (χ2v) is 5.50. The molecule has 1 heterocycles. The minimum atomic E-state index is -0.571. The van der Waals surface area contributed by atoms with Crippen molar-refractivity contribution in [3.63, 3.8) is 0 Å². The standard InChI is InChI=1S/C14H20ClNO2/c1-14(6-8-18-9-7-14)16-10-13(17)11-4-2-3-5-12(11)15/h2-5,13,16-17H,6-10H2,1H3. The Labute approximate surface area is 113 Å². The number of β-amino-alcohol motifs (C(OH)–C–C–N with tert-alkyl or cyclic N) is 1. The van der Waals surface area contributed by atoms with Gasteiger partial charge >= 0.3 is 0 Å². The maximum Gasteiger partial charge on any atom is 0.0928 e. The van der Waals surface area contributed by atoms with Crippen LogP contribution in [-0.2, 0) is 4.74 Å². The number of halogens is 1. The fraction of sp³-hybridized carbons (Fsp3) is 0.571. The van der Waals surface area contributed by atoms with Crippen LogP contribution in [0.1, 0.15) is 31.4 Å². The summed E-state index contributed by atoms with van der Waals surface area (Å²) >= 11 is 6.07. The van der Waals surface area contributed by atoms with Crippen LogP contribution in [-0.4, -0.2) is 30.4 Å². The molecule has 0 bridgehead atoms. The van der Waals surface area contributed by atoms with Gasteiger partial charge in [-0.05, 0) is 25.8 Å². The third-order valence-corrected chi connectivity index (χ3v) is 3.93. The number of nitrogens with one attached hydrogen (secondary N) is 1. The minimum absolute atomic E-state index is 0.0560. The molecule has 1 unspecified atom stereocenters. The minimum Gasteiger partial charge on any atom is -0.387 e. The highest BCUT2D eigenvalue weighted by atomic mass is 35.5. The second kappa shape index (κ2) is 6.02. The van der Waals surface area contributed by atoms with Crippen LogP contribution in [0.25, 0.3) is 0 Å². The first-order chi connectivity index (χ1) is 8.61. The van der Waals surface area contributed by atoms with Crippen molar-refractivity contribution < 1.29 is 9.84 Å². The van der Waals surface area contributed by atoms with Crippen molar-refractivity contribution in [2.75, 3.05) is 19.8 Å². The molecule has 1 aromatic rings. The van der Waals surface area contributed by atoms with Gasteiger partial charge in [-0.2, -0.15) is 0 Å². The highest BCUT2D eigenvalue weighted by Gasteiger charge is 2.27. The Bertz CT molecular complexity index is 391. The number of aliphatic hydroxyl groups excluding tert-OH is 1. The molecule has 18 heavy (non-hydrogen) atoms. The molecule has 100 valence electrons. The summed E-state index contributed by atoms with van der Waals surface area (Å²) in [4.78, 5) is 0. The first-order valence-electron chi connectivity index (χ1n) is 6.36. The monoisotopic (exact) mass is 269 g/mol. The third-order valence-electron chi connectivity index (χ3n) is 3.58. The molecule has 1 fully saturated rings. The molecule has 1 aliphatic heterocycles. The smallest absolute Gasteiger partial charge is 0.0928 e. The molecule has 0 radical (unpaired) electrons. The zero-order valence-electron chi connectivity index (χ0n) is 10.7. The van der Waals surface area contributed by atoms with E-state index in [9.17, 15) is 5.11 Å². The lowest BCUT2D eigenvalue weighted by Gasteiger charge is -2.35. The predicted octanol–water partition coefficient (Wildman–Crippen LogP) is 2.53. The molecule has 0 saturated carbocycles. The van der Waals surface area contributed by atoms with Gasteiger partial charge in [0, 0.05) is 35.9 Å². The number of rotatable bonds is 4. The van der Waals surface area contributed by atoms with E-state index in [1.54, 1.807) is 6.07 Å². The van der Waals surface area contributed by atoms with Crippen LogP contribution in [0.15, 0.2) is 24.3 Å². The molecule has 1 aliphatic rings. The molecule has 4 heteroatoms. The Hall–Kier alpha value is -0.610. The number of hydrogen-bond acceptors (Lipinski definition) is 3. The fourth-order valence-corrected chi connectivity index (χ4v) is 2.46. The van der Waals surface area contributed by atoms with Crippen LogP contribution in [0.3, 0.4) is 0 Å². The van der Waals surface area contributed by atoms with Gasteiger partial charge in [0.05, 0.1) is 6.10 Å². The van der Waals surface area contributed by atoms with E-state index < -0.39 is 6.10 Å². The van der Waals surface area contributed by atoms with Crippen LogP contribution in [0.4, 0.5) is 0 Å². The number of hydrogen-bond donors (Lipinski definition) is 2. The predicted molar refractivity (Wildman–Crippen MR) is 72.9 cm³/mol. The molecule has 0 aliphatic carbocycles. The summed E-state index contributed by atoms with van der Waals surface area (Å²) < 4.78 is 5.35. The average Bonchev–Trinajstić information content (AvgIpc) is 2.38. The van der Waals surface area contributed by atoms with Crippen LogP contribution in [0.2, 0.25) is 5.02 Å². The summed E-state index contributed by atoms with van der Waals surface area (Å²) in [6, 6.07) is 7.42. The average molecular weight is 270 g/mol. The van der Waals surface area contributed by atoms with Crippen molar-refractivity contribution in [1.29, 1.82) is 0 Å². The van der Waals surface area contributed by atoms with Crippen LogP contribution < -0.4 is 5.32 Å². The summed E-state index contributed by atoms with van der Waals surface area (Å²) in [5.41, 5.74) is 0.836. The van der Waals surface area contributed by atoms with E-state index in [1.807, 2.05) is 18.2 Å². The summed E-state index contributed by atoms with van der Waals surface area (Å²) in [6.07, 6.45) is 1.38. The Morgan fingerprint density at radius 1 is 1.39 bits per heavy atom. The van der Waals surface area contributed by atoms with E-state index >= 15 is 0 Å². The molecule has 1 atom stereocenters. The Kier molecular flexibility index (Phi) is 4.62. The molecular weight excluding hydrogens is 250 g/mol. The van der Waals surface area contributed by atoms with Gasteiger partial charge in [-0.1, -0.05) is 29.8 Å². The molecule has 3 nitrogen and oxygen atoms in total. The van der Waals surface area contributed by atoms with Crippen LogP contribution in [0, 0.1) is 0 Å². The Morgan fingerprint density at radius 2 is 2.06 bits per heavy atom. The Balaban J connectivity index is 1.92. The zero-order chi connectivity index (χ0) is 13.0. The van der Waals surface area contributed by atoms with Crippen molar-refractivity contribution in [2.24, 2.45) is 0 Å². The SMILES string of the molecule is CC1(NCC(O)c2ccccc2Cl)CCOCC1. The van der Waals surface area contributed by atoms with Gasteiger partial charge in [0.1, 0.15) is 0 Å². The zero-order valence-corrected chi connectivity index (χ0v) is 11.4. The highest BCUT2D eigenvalue weighted by molar-refractivity contribution is 6.31. The topological polar surface area (TPSA) is 41.5 Å². The van der Waals surface area contributed by atoms with Gasteiger partial charge < -0.3 is 15.2 Å². The first-order valence-corrected chi connectivity index (χ1v) is 6.74. The maximum atomic E-state index is 10.2. The molecule has 1 aromatic carbocycles. The Morgan fingerprint density at radius 3 is 2.72 bits per heavy atom. The van der Waals surface area contributed by atoms with Crippen molar-refractivity contribution in [1.82, 2.24) is 5.32 Å². The number of benzene rings is 1. The summed E-state index contributed by atoms with van der Waals surface area (Å²) in [6.45, 7) is 4.26. The van der Waals surface area contributed by atoms with E-state index in [1.165, 1.54) is 0 Å². The fourth-order valence-electron chi connectivity index (χ4n) is 2.20. The molecule has 0 spiro atoms. The van der Waals surface area contributed by atoms with Gasteiger partial charge in [-0.25, -0.2) is 0 Å². The molecular formula is C14H20ClNO2. The van der Waals surface area contributed by atoms with Gasteiger partial charge in [-0.3, -0.25) is 0 Å². The third kappa shape index (κ3) is 3.45. The molecule has 0 aromatic heterocycles. The quantitative estimate of drug-likeness (QED) is 0.883. The number of aliphatic hydroxyl groups is 1. The van der Waals surface area contributed by atoms with Crippen LogP contribution in [0.5, 0.6) is 0 Å². The lowest BCUT2D eigenvalue weighted by Crippen LogP contribution is -2.48. The van der Waals surface area contributed by atoms with Crippen molar-refractivity contribution in [2.45, 2.75) is 31.4 Å². The van der Waals surface area contributed by atoms with Crippen molar-refractivity contribution in [3.05, 3.63) is 34.9 Å².